The molecule has 0 spiro atoms. The average Bonchev–Trinajstić information content (AvgIpc) is 2.82. The molecule has 0 bridgehead atoms. The standard InChI is InChI=1S/C30H32O2/c1-6-8-19(3)20-9-11-21(12-10-20)22-13-15-24-25-16-14-23(30(4,5)7-2)18-27(25)29(32)28(31)26(24)17-22/h9-19H,6-8H2,1-5H3. The first-order valence-electron chi connectivity index (χ1n) is 11.7. The smallest absolute Gasteiger partial charge is 0.234 e. The van der Waals surface area contributed by atoms with E-state index in [0.717, 1.165) is 34.2 Å². The van der Waals surface area contributed by atoms with Crippen LogP contribution in [0.25, 0.3) is 22.3 Å². The van der Waals surface area contributed by atoms with Crippen molar-refractivity contribution in [3.63, 3.8) is 0 Å². The Kier molecular flexibility index (Phi) is 5.90. The van der Waals surface area contributed by atoms with Gasteiger partial charge in [0.1, 0.15) is 0 Å². The molecule has 0 aliphatic heterocycles. The van der Waals surface area contributed by atoms with Crippen molar-refractivity contribution in [2.45, 2.75) is 65.2 Å². The Morgan fingerprint density at radius 1 is 0.719 bits per heavy atom. The molecule has 0 aromatic heterocycles. The zero-order valence-electron chi connectivity index (χ0n) is 19.8. The van der Waals surface area contributed by atoms with Crippen LogP contribution in [0, 0.1) is 0 Å². The molecule has 0 saturated carbocycles. The quantitative estimate of drug-likeness (QED) is 0.376. The Hall–Kier alpha value is -3.00. The van der Waals surface area contributed by atoms with Crippen LogP contribution in [0.15, 0.2) is 60.7 Å². The van der Waals surface area contributed by atoms with Gasteiger partial charge in [-0.05, 0) is 69.7 Å². The van der Waals surface area contributed by atoms with Gasteiger partial charge in [-0.3, -0.25) is 9.59 Å². The maximum atomic E-state index is 13.1. The van der Waals surface area contributed by atoms with E-state index in [2.05, 4.69) is 71.0 Å². The molecule has 3 aromatic rings. The van der Waals surface area contributed by atoms with Crippen molar-refractivity contribution in [1.82, 2.24) is 0 Å². The number of benzene rings is 3. The molecule has 0 heterocycles. The lowest BCUT2D eigenvalue weighted by Crippen LogP contribution is -2.23. The highest BCUT2D eigenvalue weighted by atomic mass is 16.2. The Labute approximate surface area is 191 Å². The van der Waals surface area contributed by atoms with Crippen LogP contribution in [0.5, 0.6) is 0 Å². The molecule has 0 N–H and O–H groups in total. The Bertz CT molecular complexity index is 1180. The molecule has 3 aromatic carbocycles. The fourth-order valence-electron chi connectivity index (χ4n) is 4.59. The molecule has 1 aliphatic rings. The Balaban J connectivity index is 1.74. The van der Waals surface area contributed by atoms with Gasteiger partial charge in [0.15, 0.2) is 0 Å². The Morgan fingerprint density at radius 3 is 1.88 bits per heavy atom. The minimum atomic E-state index is -0.408. The van der Waals surface area contributed by atoms with Gasteiger partial charge in [-0.2, -0.15) is 0 Å². The van der Waals surface area contributed by atoms with Crippen molar-refractivity contribution in [2.75, 3.05) is 0 Å². The van der Waals surface area contributed by atoms with Gasteiger partial charge in [-0.15, -0.1) is 0 Å². The van der Waals surface area contributed by atoms with Crippen molar-refractivity contribution in [3.05, 3.63) is 82.9 Å². The Morgan fingerprint density at radius 2 is 1.28 bits per heavy atom. The van der Waals surface area contributed by atoms with Gasteiger partial charge in [-0.25, -0.2) is 0 Å². The number of fused-ring (bicyclic) bond motifs is 3. The highest BCUT2D eigenvalue weighted by Gasteiger charge is 2.32. The predicted octanol–water partition coefficient (Wildman–Crippen LogP) is 7.99. The van der Waals surface area contributed by atoms with Crippen LogP contribution in [-0.4, -0.2) is 11.6 Å². The summed E-state index contributed by atoms with van der Waals surface area (Å²) in [5.74, 6) is -0.271. The maximum absolute atomic E-state index is 13.1. The van der Waals surface area contributed by atoms with Gasteiger partial charge in [-0.1, -0.05) is 89.6 Å². The molecule has 1 unspecified atom stereocenters. The highest BCUT2D eigenvalue weighted by molar-refractivity contribution is 6.53. The minimum Gasteiger partial charge on any atom is -0.285 e. The van der Waals surface area contributed by atoms with E-state index in [1.165, 1.54) is 18.4 Å². The topological polar surface area (TPSA) is 34.1 Å². The van der Waals surface area contributed by atoms with Crippen LogP contribution >= 0.6 is 0 Å². The SMILES string of the molecule is CCCC(C)c1ccc(-c2ccc3c(c2)C(=O)C(=O)c2cc(C(C)(C)CC)ccc2-3)cc1. The average molecular weight is 425 g/mol. The first-order valence-corrected chi connectivity index (χ1v) is 11.7. The first kappa shape index (κ1) is 22.2. The van der Waals surface area contributed by atoms with Crippen molar-refractivity contribution >= 4 is 11.6 Å². The molecule has 0 saturated heterocycles. The van der Waals surface area contributed by atoms with Crippen LogP contribution in [0.4, 0.5) is 0 Å². The molecule has 164 valence electrons. The lowest BCUT2D eigenvalue weighted by atomic mass is 9.77. The molecule has 0 radical (unpaired) electrons. The van der Waals surface area contributed by atoms with E-state index in [9.17, 15) is 9.59 Å². The monoisotopic (exact) mass is 424 g/mol. The molecule has 32 heavy (non-hydrogen) atoms. The predicted molar refractivity (Wildman–Crippen MR) is 133 cm³/mol. The molecule has 2 nitrogen and oxygen atoms in total. The lowest BCUT2D eigenvalue weighted by Gasteiger charge is -2.26. The zero-order valence-corrected chi connectivity index (χ0v) is 19.8. The number of carbonyl (C=O) groups excluding carboxylic acids is 2. The molecular formula is C30H32O2. The maximum Gasteiger partial charge on any atom is 0.234 e. The molecular weight excluding hydrogens is 392 g/mol. The van der Waals surface area contributed by atoms with Crippen LogP contribution < -0.4 is 0 Å². The van der Waals surface area contributed by atoms with Crippen molar-refractivity contribution in [1.29, 1.82) is 0 Å². The van der Waals surface area contributed by atoms with Crippen LogP contribution in [-0.2, 0) is 5.41 Å². The summed E-state index contributed by atoms with van der Waals surface area (Å²) in [7, 11) is 0. The molecule has 2 heteroatoms. The largest absolute Gasteiger partial charge is 0.285 e. The van der Waals surface area contributed by atoms with Gasteiger partial charge in [0, 0.05) is 11.1 Å². The van der Waals surface area contributed by atoms with Gasteiger partial charge >= 0.3 is 0 Å². The fraction of sp³-hybridized carbons (Fsp3) is 0.333. The second-order valence-electron chi connectivity index (χ2n) is 9.73. The van der Waals surface area contributed by atoms with E-state index in [1.54, 1.807) is 0 Å². The van der Waals surface area contributed by atoms with Crippen molar-refractivity contribution in [2.24, 2.45) is 0 Å². The third-order valence-electron chi connectivity index (χ3n) is 7.22. The summed E-state index contributed by atoms with van der Waals surface area (Å²) in [4.78, 5) is 26.1. The fourth-order valence-corrected chi connectivity index (χ4v) is 4.59. The zero-order chi connectivity index (χ0) is 23.0. The van der Waals surface area contributed by atoms with E-state index in [4.69, 9.17) is 0 Å². The second-order valence-corrected chi connectivity index (χ2v) is 9.73. The van der Waals surface area contributed by atoms with Gasteiger partial charge in [0.05, 0.1) is 0 Å². The normalized spacial score (nSPS) is 14.2. The molecule has 0 fully saturated rings. The summed E-state index contributed by atoms with van der Waals surface area (Å²) in [5.41, 5.74) is 7.16. The molecule has 4 rings (SSSR count). The van der Waals surface area contributed by atoms with E-state index in [0.29, 0.717) is 17.0 Å². The molecule has 1 atom stereocenters. The number of hydrogen-bond donors (Lipinski definition) is 0. The van der Waals surface area contributed by atoms with Gasteiger partial charge in [0.2, 0.25) is 11.6 Å². The van der Waals surface area contributed by atoms with Gasteiger partial charge < -0.3 is 0 Å². The minimum absolute atomic E-state index is 0.0384. The number of rotatable bonds is 6. The number of hydrogen-bond acceptors (Lipinski definition) is 2. The first-order chi connectivity index (χ1) is 15.3. The van der Waals surface area contributed by atoms with Crippen LogP contribution in [0.2, 0.25) is 0 Å². The number of ketones is 2. The second kappa shape index (κ2) is 8.50. The van der Waals surface area contributed by atoms with Crippen LogP contribution in [0.1, 0.15) is 91.6 Å². The summed E-state index contributed by atoms with van der Waals surface area (Å²) >= 11 is 0. The van der Waals surface area contributed by atoms with E-state index < -0.39 is 11.6 Å². The summed E-state index contributed by atoms with van der Waals surface area (Å²) < 4.78 is 0. The lowest BCUT2D eigenvalue weighted by molar-refractivity contribution is 0.0815. The van der Waals surface area contributed by atoms with Crippen molar-refractivity contribution in [3.8, 4) is 22.3 Å². The summed E-state index contributed by atoms with van der Waals surface area (Å²) in [6.07, 6.45) is 3.30. The van der Waals surface area contributed by atoms with Gasteiger partial charge in [0.25, 0.3) is 0 Å². The molecule has 1 aliphatic carbocycles. The van der Waals surface area contributed by atoms with E-state index >= 15 is 0 Å². The summed E-state index contributed by atoms with van der Waals surface area (Å²) in [5, 5.41) is 0. The van der Waals surface area contributed by atoms with Crippen LogP contribution in [0.3, 0.4) is 0 Å². The van der Waals surface area contributed by atoms with E-state index in [-0.39, 0.29) is 5.41 Å². The summed E-state index contributed by atoms with van der Waals surface area (Å²) in [6.45, 7) is 10.9. The van der Waals surface area contributed by atoms with Crippen molar-refractivity contribution < 1.29 is 9.59 Å². The number of Topliss-reactive ketones (excluding diaryl/α,β-unsaturated/α-hetero) is 2. The summed E-state index contributed by atoms with van der Waals surface area (Å²) in [6, 6.07) is 20.5. The molecule has 0 amide bonds. The third kappa shape index (κ3) is 3.83. The number of carbonyl (C=O) groups is 2. The third-order valence-corrected chi connectivity index (χ3v) is 7.22. The highest BCUT2D eigenvalue weighted by Crippen LogP contribution is 2.38. The van der Waals surface area contributed by atoms with E-state index in [1.807, 2.05) is 24.3 Å².